The van der Waals surface area contributed by atoms with Gasteiger partial charge in [0.2, 0.25) is 0 Å². The summed E-state index contributed by atoms with van der Waals surface area (Å²) in [5.74, 6) is 0. The third-order valence-corrected chi connectivity index (χ3v) is 3.60. The van der Waals surface area contributed by atoms with Gasteiger partial charge < -0.3 is 10.1 Å². The molecule has 2 rings (SSSR count). The summed E-state index contributed by atoms with van der Waals surface area (Å²) in [6, 6.07) is 3.11. The van der Waals surface area contributed by atoms with Crippen molar-refractivity contribution in [3.8, 4) is 0 Å². The molecule has 1 aromatic rings. The zero-order valence-corrected chi connectivity index (χ0v) is 11.6. The number of ether oxygens (including phenoxy) is 1. The van der Waals surface area contributed by atoms with Crippen LogP contribution in [0.3, 0.4) is 0 Å². The summed E-state index contributed by atoms with van der Waals surface area (Å²) in [6.45, 7) is 3.46. The van der Waals surface area contributed by atoms with E-state index in [-0.39, 0.29) is 10.7 Å². The summed E-state index contributed by atoms with van der Waals surface area (Å²) in [4.78, 5) is 10.3. The standard InChI is InChI=1S/C13H17ClN2O3/c1-9-7-13(16(17)18)11(14)8-12(9)15-5-4-10-3-2-6-19-10/h7-8,10,15H,2-6H2,1H3. The molecule has 1 unspecified atom stereocenters. The van der Waals surface area contributed by atoms with E-state index in [0.29, 0.717) is 6.10 Å². The fourth-order valence-electron chi connectivity index (χ4n) is 2.24. The van der Waals surface area contributed by atoms with Gasteiger partial charge in [-0.3, -0.25) is 10.1 Å². The predicted molar refractivity (Wildman–Crippen MR) is 74.9 cm³/mol. The van der Waals surface area contributed by atoms with Crippen molar-refractivity contribution in [1.29, 1.82) is 0 Å². The Balaban J connectivity index is 1.96. The van der Waals surface area contributed by atoms with Gasteiger partial charge in [0.15, 0.2) is 0 Å². The highest BCUT2D eigenvalue weighted by atomic mass is 35.5. The number of hydrogen-bond acceptors (Lipinski definition) is 4. The van der Waals surface area contributed by atoms with E-state index in [2.05, 4.69) is 5.32 Å². The van der Waals surface area contributed by atoms with Gasteiger partial charge in [0, 0.05) is 24.9 Å². The number of anilines is 1. The number of nitrogens with one attached hydrogen (secondary N) is 1. The highest BCUT2D eigenvalue weighted by molar-refractivity contribution is 6.33. The molecule has 1 heterocycles. The summed E-state index contributed by atoms with van der Waals surface area (Å²) in [6.07, 6.45) is 3.52. The molecule has 1 aliphatic rings. The van der Waals surface area contributed by atoms with Crippen LogP contribution in [0.2, 0.25) is 5.02 Å². The number of benzene rings is 1. The van der Waals surface area contributed by atoms with Gasteiger partial charge in [0.25, 0.3) is 5.69 Å². The van der Waals surface area contributed by atoms with Gasteiger partial charge in [0.1, 0.15) is 5.02 Å². The van der Waals surface area contributed by atoms with Gasteiger partial charge in [-0.1, -0.05) is 11.6 Å². The quantitative estimate of drug-likeness (QED) is 0.663. The number of nitro groups is 1. The molecule has 0 aromatic heterocycles. The normalized spacial score (nSPS) is 18.5. The van der Waals surface area contributed by atoms with Crippen LogP contribution in [0.1, 0.15) is 24.8 Å². The first-order chi connectivity index (χ1) is 9.08. The Morgan fingerprint density at radius 1 is 1.58 bits per heavy atom. The van der Waals surface area contributed by atoms with E-state index >= 15 is 0 Å². The van der Waals surface area contributed by atoms with Crippen LogP contribution < -0.4 is 5.32 Å². The van der Waals surface area contributed by atoms with Crippen LogP contribution in [0.15, 0.2) is 12.1 Å². The molecule has 5 nitrogen and oxygen atoms in total. The lowest BCUT2D eigenvalue weighted by Crippen LogP contribution is -2.13. The number of nitrogens with zero attached hydrogens (tertiary/aromatic N) is 1. The van der Waals surface area contributed by atoms with Crippen LogP contribution in [0.4, 0.5) is 11.4 Å². The lowest BCUT2D eigenvalue weighted by molar-refractivity contribution is -0.384. The fraction of sp³-hybridized carbons (Fsp3) is 0.538. The average Bonchev–Trinajstić information content (AvgIpc) is 2.85. The third kappa shape index (κ3) is 3.58. The summed E-state index contributed by atoms with van der Waals surface area (Å²) >= 11 is 5.90. The van der Waals surface area contributed by atoms with Crippen LogP contribution >= 0.6 is 11.6 Å². The maximum atomic E-state index is 10.8. The molecule has 0 saturated carbocycles. The number of aryl methyl sites for hydroxylation is 1. The van der Waals surface area contributed by atoms with E-state index in [9.17, 15) is 10.1 Å². The molecule has 0 bridgehead atoms. The van der Waals surface area contributed by atoms with Crippen molar-refractivity contribution in [3.05, 3.63) is 32.8 Å². The Bertz CT molecular complexity index is 473. The van der Waals surface area contributed by atoms with Crippen molar-refractivity contribution < 1.29 is 9.66 Å². The topological polar surface area (TPSA) is 64.4 Å². The second-order valence-electron chi connectivity index (χ2n) is 4.73. The number of nitro benzene ring substituents is 1. The molecule has 1 aliphatic heterocycles. The molecule has 1 N–H and O–H groups in total. The lowest BCUT2D eigenvalue weighted by atomic mass is 10.1. The fourth-order valence-corrected chi connectivity index (χ4v) is 2.47. The molecule has 0 spiro atoms. The molecule has 0 amide bonds. The molecule has 104 valence electrons. The van der Waals surface area contributed by atoms with E-state index < -0.39 is 4.92 Å². The summed E-state index contributed by atoms with van der Waals surface area (Å²) < 4.78 is 5.54. The van der Waals surface area contributed by atoms with Gasteiger partial charge in [-0.2, -0.15) is 0 Å². The lowest BCUT2D eigenvalue weighted by Gasteiger charge is -2.13. The Hall–Kier alpha value is -1.33. The summed E-state index contributed by atoms with van der Waals surface area (Å²) in [7, 11) is 0. The van der Waals surface area contributed by atoms with Crippen LogP contribution in [0, 0.1) is 17.0 Å². The Morgan fingerprint density at radius 2 is 2.37 bits per heavy atom. The van der Waals surface area contributed by atoms with Crippen molar-refractivity contribution in [2.24, 2.45) is 0 Å². The van der Waals surface area contributed by atoms with Crippen LogP contribution in [0.25, 0.3) is 0 Å². The average molecular weight is 285 g/mol. The molecule has 1 aromatic carbocycles. The number of halogens is 1. The number of hydrogen-bond donors (Lipinski definition) is 1. The van der Waals surface area contributed by atoms with Gasteiger partial charge in [-0.05, 0) is 37.8 Å². The van der Waals surface area contributed by atoms with E-state index in [4.69, 9.17) is 16.3 Å². The van der Waals surface area contributed by atoms with E-state index in [1.54, 1.807) is 6.07 Å². The monoisotopic (exact) mass is 284 g/mol. The highest BCUT2D eigenvalue weighted by Gasteiger charge is 2.17. The van der Waals surface area contributed by atoms with Crippen molar-refractivity contribution >= 4 is 23.0 Å². The molecular formula is C13H17ClN2O3. The molecule has 6 heteroatoms. The number of rotatable bonds is 5. The first-order valence-electron chi connectivity index (χ1n) is 6.38. The van der Waals surface area contributed by atoms with E-state index in [1.807, 2.05) is 6.92 Å². The van der Waals surface area contributed by atoms with Gasteiger partial charge >= 0.3 is 0 Å². The molecule has 1 atom stereocenters. The predicted octanol–water partition coefficient (Wildman–Crippen LogP) is 3.54. The van der Waals surface area contributed by atoms with E-state index in [1.165, 1.54) is 6.07 Å². The highest BCUT2D eigenvalue weighted by Crippen LogP contribution is 2.30. The van der Waals surface area contributed by atoms with E-state index in [0.717, 1.165) is 43.7 Å². The largest absolute Gasteiger partial charge is 0.385 e. The minimum atomic E-state index is -0.467. The molecule has 19 heavy (non-hydrogen) atoms. The van der Waals surface area contributed by atoms with Crippen molar-refractivity contribution in [3.63, 3.8) is 0 Å². The Morgan fingerprint density at radius 3 is 3.00 bits per heavy atom. The first kappa shape index (κ1) is 14.1. The minimum absolute atomic E-state index is 0.0520. The minimum Gasteiger partial charge on any atom is -0.385 e. The van der Waals surface area contributed by atoms with Crippen molar-refractivity contribution in [2.75, 3.05) is 18.5 Å². The maximum Gasteiger partial charge on any atom is 0.288 e. The molecule has 1 saturated heterocycles. The van der Waals surface area contributed by atoms with Crippen LogP contribution in [-0.2, 0) is 4.74 Å². The maximum absolute atomic E-state index is 10.8. The summed E-state index contributed by atoms with van der Waals surface area (Å²) in [5, 5.41) is 14.2. The Kier molecular flexibility index (Phi) is 4.61. The first-order valence-corrected chi connectivity index (χ1v) is 6.75. The molecule has 1 fully saturated rings. The molecular weight excluding hydrogens is 268 g/mol. The SMILES string of the molecule is Cc1cc([N+](=O)[O-])c(Cl)cc1NCCC1CCCO1. The smallest absolute Gasteiger partial charge is 0.288 e. The van der Waals surface area contributed by atoms with Gasteiger partial charge in [-0.15, -0.1) is 0 Å². The van der Waals surface area contributed by atoms with Crippen molar-refractivity contribution in [2.45, 2.75) is 32.3 Å². The zero-order valence-electron chi connectivity index (χ0n) is 10.8. The molecule has 0 aliphatic carbocycles. The zero-order chi connectivity index (χ0) is 13.8. The molecule has 0 radical (unpaired) electrons. The second-order valence-corrected chi connectivity index (χ2v) is 5.13. The van der Waals surface area contributed by atoms with Crippen LogP contribution in [-0.4, -0.2) is 24.2 Å². The van der Waals surface area contributed by atoms with Crippen molar-refractivity contribution in [1.82, 2.24) is 0 Å². The van der Waals surface area contributed by atoms with Gasteiger partial charge in [-0.25, -0.2) is 0 Å². The summed E-state index contributed by atoms with van der Waals surface area (Å²) in [5.41, 5.74) is 1.61. The van der Waals surface area contributed by atoms with Crippen LogP contribution in [0.5, 0.6) is 0 Å². The second kappa shape index (κ2) is 6.21. The third-order valence-electron chi connectivity index (χ3n) is 3.30. The van der Waals surface area contributed by atoms with Gasteiger partial charge in [0.05, 0.1) is 11.0 Å². The Labute approximate surface area is 117 Å².